The summed E-state index contributed by atoms with van der Waals surface area (Å²) < 4.78 is 16.4. The van der Waals surface area contributed by atoms with Gasteiger partial charge in [0.1, 0.15) is 5.60 Å². The van der Waals surface area contributed by atoms with Crippen LogP contribution in [-0.4, -0.2) is 30.0 Å². The minimum absolute atomic E-state index is 0.381. The minimum Gasteiger partial charge on any atom is -0.381 e. The lowest BCUT2D eigenvalue weighted by Gasteiger charge is -2.33. The Morgan fingerprint density at radius 1 is 1.44 bits per heavy atom. The number of rotatable bonds is 5. The van der Waals surface area contributed by atoms with Crippen LogP contribution in [0.25, 0.3) is 0 Å². The topological polar surface area (TPSA) is 81.2 Å². The van der Waals surface area contributed by atoms with Crippen LogP contribution in [0.5, 0.6) is 0 Å². The molecule has 1 fully saturated rings. The molecule has 98 valence electrons. The van der Waals surface area contributed by atoms with Crippen LogP contribution in [0.1, 0.15) is 37.9 Å². The summed E-state index contributed by atoms with van der Waals surface area (Å²) in [4.78, 5) is 4.35. The molecule has 1 aromatic rings. The molecule has 1 saturated heterocycles. The second-order valence-corrected chi connectivity index (χ2v) is 4.21. The molecule has 1 aliphatic heterocycles. The van der Waals surface area contributed by atoms with Crippen molar-refractivity contribution in [1.29, 1.82) is 5.26 Å². The van der Waals surface area contributed by atoms with E-state index >= 15 is 0 Å². The molecule has 0 N–H and O–H groups in total. The number of nitrogens with zero attached hydrogens (tertiary/aromatic N) is 3. The van der Waals surface area contributed by atoms with Gasteiger partial charge in [0.05, 0.1) is 6.07 Å². The Balaban J connectivity index is 2.15. The Bertz CT molecular complexity index is 413. The SMILES string of the molecule is CCOC1(c2noc(CCC#N)n2)CCOCC1. The molecule has 0 saturated carbocycles. The molecular formula is C12H17N3O3. The first-order chi connectivity index (χ1) is 8.80. The third-order valence-corrected chi connectivity index (χ3v) is 3.05. The number of aryl methyl sites for hydroxylation is 1. The second kappa shape index (κ2) is 5.94. The maximum Gasteiger partial charge on any atom is 0.227 e. The molecule has 1 aliphatic rings. The van der Waals surface area contributed by atoms with Crippen molar-refractivity contribution in [2.75, 3.05) is 19.8 Å². The van der Waals surface area contributed by atoms with Crippen molar-refractivity contribution in [3.63, 3.8) is 0 Å². The van der Waals surface area contributed by atoms with Crippen LogP contribution in [-0.2, 0) is 21.5 Å². The monoisotopic (exact) mass is 251 g/mol. The largest absolute Gasteiger partial charge is 0.381 e. The highest BCUT2D eigenvalue weighted by atomic mass is 16.5. The summed E-state index contributed by atoms with van der Waals surface area (Å²) in [6.07, 6.45) is 2.34. The molecule has 2 heterocycles. The van der Waals surface area contributed by atoms with Gasteiger partial charge in [0.2, 0.25) is 11.7 Å². The Hall–Kier alpha value is -1.45. The first kappa shape index (κ1) is 13.0. The molecule has 0 spiro atoms. The van der Waals surface area contributed by atoms with Gasteiger partial charge in [-0.2, -0.15) is 10.2 Å². The summed E-state index contributed by atoms with van der Waals surface area (Å²) >= 11 is 0. The van der Waals surface area contributed by atoms with Gasteiger partial charge in [0.25, 0.3) is 0 Å². The van der Waals surface area contributed by atoms with Crippen molar-refractivity contribution >= 4 is 0 Å². The van der Waals surface area contributed by atoms with Crippen molar-refractivity contribution in [2.45, 2.75) is 38.2 Å². The molecular weight excluding hydrogens is 234 g/mol. The van der Waals surface area contributed by atoms with Crippen LogP contribution in [0.3, 0.4) is 0 Å². The summed E-state index contributed by atoms with van der Waals surface area (Å²) in [6, 6.07) is 2.06. The van der Waals surface area contributed by atoms with E-state index < -0.39 is 5.60 Å². The van der Waals surface area contributed by atoms with Gasteiger partial charge in [0, 0.05) is 45.5 Å². The first-order valence-corrected chi connectivity index (χ1v) is 6.22. The first-order valence-electron chi connectivity index (χ1n) is 6.22. The van der Waals surface area contributed by atoms with Crippen LogP contribution in [0.2, 0.25) is 0 Å². The fourth-order valence-corrected chi connectivity index (χ4v) is 2.11. The summed E-state index contributed by atoms with van der Waals surface area (Å²) in [5.74, 6) is 1.08. The van der Waals surface area contributed by atoms with Crippen molar-refractivity contribution in [3.8, 4) is 6.07 Å². The lowest BCUT2D eigenvalue weighted by molar-refractivity contribution is -0.118. The lowest BCUT2D eigenvalue weighted by atomic mass is 9.93. The van der Waals surface area contributed by atoms with Gasteiger partial charge in [-0.15, -0.1) is 0 Å². The average molecular weight is 251 g/mol. The normalized spacial score (nSPS) is 18.4. The molecule has 0 amide bonds. The van der Waals surface area contributed by atoms with Gasteiger partial charge in [0.15, 0.2) is 0 Å². The quantitative estimate of drug-likeness (QED) is 0.790. The Morgan fingerprint density at radius 2 is 2.22 bits per heavy atom. The summed E-state index contributed by atoms with van der Waals surface area (Å²) in [7, 11) is 0. The molecule has 6 heteroatoms. The Morgan fingerprint density at radius 3 is 2.89 bits per heavy atom. The zero-order valence-corrected chi connectivity index (χ0v) is 10.5. The molecule has 2 rings (SSSR count). The lowest BCUT2D eigenvalue weighted by Crippen LogP contribution is -2.37. The van der Waals surface area contributed by atoms with E-state index in [-0.39, 0.29) is 0 Å². The molecule has 0 aliphatic carbocycles. The zero-order chi connectivity index (χ0) is 12.8. The third kappa shape index (κ3) is 2.68. The van der Waals surface area contributed by atoms with Gasteiger partial charge in [-0.1, -0.05) is 5.16 Å². The van der Waals surface area contributed by atoms with E-state index in [1.165, 1.54) is 0 Å². The van der Waals surface area contributed by atoms with E-state index in [4.69, 9.17) is 19.3 Å². The average Bonchev–Trinajstić information content (AvgIpc) is 2.87. The third-order valence-electron chi connectivity index (χ3n) is 3.05. The molecule has 6 nitrogen and oxygen atoms in total. The maximum atomic E-state index is 8.54. The molecule has 18 heavy (non-hydrogen) atoms. The Labute approximate surface area is 106 Å². The number of nitriles is 1. The second-order valence-electron chi connectivity index (χ2n) is 4.21. The van der Waals surface area contributed by atoms with E-state index in [9.17, 15) is 0 Å². The highest BCUT2D eigenvalue weighted by molar-refractivity contribution is 5.03. The predicted molar refractivity (Wildman–Crippen MR) is 61.6 cm³/mol. The van der Waals surface area contributed by atoms with E-state index in [1.807, 2.05) is 6.92 Å². The molecule has 1 aromatic heterocycles. The van der Waals surface area contributed by atoms with Gasteiger partial charge in [-0.05, 0) is 6.92 Å². The molecule has 0 radical (unpaired) electrons. The summed E-state index contributed by atoms with van der Waals surface area (Å²) in [5.41, 5.74) is -0.485. The van der Waals surface area contributed by atoms with E-state index in [1.54, 1.807) is 0 Å². The zero-order valence-electron chi connectivity index (χ0n) is 10.5. The standard InChI is InChI=1S/C12H17N3O3/c1-2-17-12(5-8-16-9-6-12)11-14-10(18-15-11)4-3-7-13/h2-6,8-9H2,1H3. The molecule has 0 unspecified atom stereocenters. The number of hydrogen-bond acceptors (Lipinski definition) is 6. The predicted octanol–water partition coefficient (Wildman–Crippen LogP) is 1.57. The number of aromatic nitrogens is 2. The molecule has 0 bridgehead atoms. The van der Waals surface area contributed by atoms with Gasteiger partial charge in [-0.3, -0.25) is 0 Å². The van der Waals surface area contributed by atoms with Crippen LogP contribution in [0.15, 0.2) is 4.52 Å². The van der Waals surface area contributed by atoms with E-state index in [2.05, 4.69) is 16.2 Å². The van der Waals surface area contributed by atoms with Crippen molar-refractivity contribution in [3.05, 3.63) is 11.7 Å². The van der Waals surface area contributed by atoms with Crippen molar-refractivity contribution in [2.24, 2.45) is 0 Å². The van der Waals surface area contributed by atoms with E-state index in [0.717, 1.165) is 12.8 Å². The van der Waals surface area contributed by atoms with Crippen LogP contribution >= 0.6 is 0 Å². The van der Waals surface area contributed by atoms with Crippen LogP contribution in [0.4, 0.5) is 0 Å². The molecule has 0 aromatic carbocycles. The number of ether oxygens (including phenoxy) is 2. The van der Waals surface area contributed by atoms with Gasteiger partial charge in [-0.25, -0.2) is 0 Å². The maximum absolute atomic E-state index is 8.54. The summed E-state index contributed by atoms with van der Waals surface area (Å²) in [6.45, 7) is 3.83. The summed E-state index contributed by atoms with van der Waals surface area (Å²) in [5, 5.41) is 12.5. The van der Waals surface area contributed by atoms with E-state index in [0.29, 0.717) is 44.4 Å². The minimum atomic E-state index is -0.485. The number of hydrogen-bond donors (Lipinski definition) is 0. The van der Waals surface area contributed by atoms with Crippen LogP contribution < -0.4 is 0 Å². The van der Waals surface area contributed by atoms with Crippen molar-refractivity contribution in [1.82, 2.24) is 10.1 Å². The smallest absolute Gasteiger partial charge is 0.227 e. The van der Waals surface area contributed by atoms with Crippen molar-refractivity contribution < 1.29 is 14.0 Å². The highest BCUT2D eigenvalue weighted by Gasteiger charge is 2.39. The highest BCUT2D eigenvalue weighted by Crippen LogP contribution is 2.34. The Kier molecular flexibility index (Phi) is 4.28. The van der Waals surface area contributed by atoms with Crippen LogP contribution in [0, 0.1) is 11.3 Å². The van der Waals surface area contributed by atoms with Gasteiger partial charge >= 0.3 is 0 Å². The molecule has 0 atom stereocenters. The van der Waals surface area contributed by atoms with Gasteiger partial charge < -0.3 is 14.0 Å². The fraction of sp³-hybridized carbons (Fsp3) is 0.750. The fourth-order valence-electron chi connectivity index (χ4n) is 2.11.